The molecule has 0 saturated heterocycles. The smallest absolute Gasteiger partial charge is 0.387 e. The molecule has 12 heteroatoms. The van der Waals surface area contributed by atoms with Crippen molar-refractivity contribution in [3.63, 3.8) is 0 Å². The Morgan fingerprint density at radius 3 is 2.11 bits per heavy atom. The lowest BCUT2D eigenvalue weighted by molar-refractivity contribution is -0.167. The third-order valence-corrected chi connectivity index (χ3v) is 4.62. The molecule has 8 nitrogen and oxygen atoms in total. The second-order valence-electron chi connectivity index (χ2n) is 5.37. The van der Waals surface area contributed by atoms with Crippen LogP contribution in [0.3, 0.4) is 0 Å². The zero-order valence-electron chi connectivity index (χ0n) is 13.9. The molecule has 0 aromatic heterocycles. The Labute approximate surface area is 157 Å². The second kappa shape index (κ2) is 8.27. The van der Waals surface area contributed by atoms with E-state index in [1.165, 1.54) is 24.3 Å². The molecule has 2 aromatic rings. The van der Waals surface area contributed by atoms with Crippen molar-refractivity contribution in [1.82, 2.24) is 0 Å². The minimum Gasteiger partial charge on any atom is -0.387 e. The van der Waals surface area contributed by atoms with Gasteiger partial charge in [0, 0.05) is 11.4 Å². The molecule has 150 valence electrons. The van der Waals surface area contributed by atoms with Crippen molar-refractivity contribution in [2.75, 3.05) is 22.0 Å². The van der Waals surface area contributed by atoms with Gasteiger partial charge in [-0.3, -0.25) is 14.3 Å². The van der Waals surface area contributed by atoms with Gasteiger partial charge in [0.15, 0.2) is 0 Å². The molecule has 2 aromatic carbocycles. The van der Waals surface area contributed by atoms with Gasteiger partial charge in [-0.25, -0.2) is 8.42 Å². The summed E-state index contributed by atoms with van der Waals surface area (Å²) >= 11 is 0. The summed E-state index contributed by atoms with van der Waals surface area (Å²) in [5.74, 6) is -2.86. The molecule has 0 aliphatic rings. The van der Waals surface area contributed by atoms with Crippen LogP contribution in [0, 0.1) is 0 Å². The second-order valence-corrected chi connectivity index (χ2v) is 7.05. The van der Waals surface area contributed by atoms with Gasteiger partial charge < -0.3 is 15.7 Å². The lowest BCUT2D eigenvalue weighted by atomic mass is 10.3. The van der Waals surface area contributed by atoms with Crippen LogP contribution in [0.1, 0.15) is 0 Å². The van der Waals surface area contributed by atoms with Gasteiger partial charge in [0.05, 0.1) is 10.6 Å². The number of carbonyl (C=O) groups is 2. The number of amides is 2. The van der Waals surface area contributed by atoms with Crippen LogP contribution in [0.15, 0.2) is 53.4 Å². The number of alkyl halides is 3. The van der Waals surface area contributed by atoms with Crippen molar-refractivity contribution in [3.05, 3.63) is 48.5 Å². The van der Waals surface area contributed by atoms with Crippen molar-refractivity contribution >= 4 is 38.9 Å². The monoisotopic (exact) mass is 417 g/mol. The number of carbonyl (C=O) groups excluding carboxylic acids is 2. The van der Waals surface area contributed by atoms with E-state index in [9.17, 15) is 31.2 Å². The normalized spacial score (nSPS) is 11.6. The van der Waals surface area contributed by atoms with Crippen LogP contribution in [0.4, 0.5) is 30.2 Å². The number of sulfonamides is 1. The number of anilines is 3. The minimum absolute atomic E-state index is 0.102. The topological polar surface area (TPSA) is 125 Å². The van der Waals surface area contributed by atoms with Crippen LogP contribution in [0.25, 0.3) is 0 Å². The third-order valence-electron chi connectivity index (χ3n) is 3.22. The number of halogens is 3. The number of aliphatic hydroxyl groups excluding tert-OH is 1. The maximum absolute atomic E-state index is 12.4. The zero-order valence-corrected chi connectivity index (χ0v) is 14.8. The Morgan fingerprint density at radius 2 is 1.54 bits per heavy atom. The fraction of sp³-hybridized carbons (Fsp3) is 0.125. The Morgan fingerprint density at radius 1 is 0.929 bits per heavy atom. The zero-order chi connectivity index (χ0) is 20.9. The molecule has 0 heterocycles. The molecule has 0 aliphatic carbocycles. The van der Waals surface area contributed by atoms with Crippen LogP contribution in [0.2, 0.25) is 0 Å². The summed E-state index contributed by atoms with van der Waals surface area (Å²) in [6, 6.07) is 9.71. The molecule has 2 amide bonds. The van der Waals surface area contributed by atoms with E-state index >= 15 is 0 Å². The molecule has 0 unspecified atom stereocenters. The van der Waals surface area contributed by atoms with Crippen LogP contribution < -0.4 is 15.4 Å². The Kier molecular flexibility index (Phi) is 6.26. The van der Waals surface area contributed by atoms with Gasteiger partial charge in [-0.1, -0.05) is 6.07 Å². The van der Waals surface area contributed by atoms with E-state index in [0.717, 1.165) is 24.3 Å². The lowest BCUT2D eigenvalue weighted by Gasteiger charge is -2.11. The van der Waals surface area contributed by atoms with Crippen LogP contribution in [0.5, 0.6) is 0 Å². The summed E-state index contributed by atoms with van der Waals surface area (Å²) in [7, 11) is -4.08. The van der Waals surface area contributed by atoms with Crippen molar-refractivity contribution in [3.8, 4) is 0 Å². The highest BCUT2D eigenvalue weighted by atomic mass is 32.2. The molecule has 2 rings (SSSR count). The first-order chi connectivity index (χ1) is 13.0. The molecule has 0 spiro atoms. The fourth-order valence-corrected chi connectivity index (χ4v) is 3.04. The van der Waals surface area contributed by atoms with E-state index < -0.39 is 34.6 Å². The summed E-state index contributed by atoms with van der Waals surface area (Å²) in [5, 5.41) is 12.7. The van der Waals surface area contributed by atoms with Gasteiger partial charge in [-0.15, -0.1) is 0 Å². The molecular formula is C16H14F3N3O5S. The summed E-state index contributed by atoms with van der Waals surface area (Å²) in [5.41, 5.74) is 0.115. The molecule has 28 heavy (non-hydrogen) atoms. The summed E-state index contributed by atoms with van der Waals surface area (Å²) in [4.78, 5) is 21.8. The van der Waals surface area contributed by atoms with Gasteiger partial charge >= 0.3 is 12.1 Å². The number of nitrogens with one attached hydrogen (secondary N) is 3. The lowest BCUT2D eigenvalue weighted by Crippen LogP contribution is -2.29. The minimum atomic E-state index is -5.07. The molecule has 4 N–H and O–H groups in total. The molecule has 0 aliphatic heterocycles. The quantitative estimate of drug-likeness (QED) is 0.572. The summed E-state index contributed by atoms with van der Waals surface area (Å²) in [6.45, 7) is -0.743. The fourth-order valence-electron chi connectivity index (χ4n) is 1.99. The van der Waals surface area contributed by atoms with E-state index in [-0.39, 0.29) is 22.0 Å². The highest BCUT2D eigenvalue weighted by Gasteiger charge is 2.38. The first kappa shape index (κ1) is 21.2. The molecule has 0 bridgehead atoms. The molecule has 0 fully saturated rings. The van der Waals surface area contributed by atoms with E-state index in [0.29, 0.717) is 0 Å². The Hall–Kier alpha value is -3.12. The molecule has 0 saturated carbocycles. The van der Waals surface area contributed by atoms with E-state index in [4.69, 9.17) is 5.11 Å². The van der Waals surface area contributed by atoms with Gasteiger partial charge in [0.25, 0.3) is 10.0 Å². The highest BCUT2D eigenvalue weighted by Crippen LogP contribution is 2.22. The van der Waals surface area contributed by atoms with Crippen molar-refractivity contribution in [2.24, 2.45) is 0 Å². The van der Waals surface area contributed by atoms with E-state index in [1.54, 1.807) is 5.32 Å². The Bertz CT molecular complexity index is 976. The van der Waals surface area contributed by atoms with Crippen molar-refractivity contribution < 1.29 is 36.3 Å². The van der Waals surface area contributed by atoms with E-state index in [1.807, 2.05) is 0 Å². The number of benzene rings is 2. The molecule has 0 atom stereocenters. The number of rotatable bonds is 6. The van der Waals surface area contributed by atoms with Crippen molar-refractivity contribution in [1.29, 1.82) is 0 Å². The third kappa shape index (κ3) is 5.69. The number of hydrogen-bond donors (Lipinski definition) is 4. The maximum atomic E-state index is 12.4. The van der Waals surface area contributed by atoms with Crippen LogP contribution in [-0.2, 0) is 19.6 Å². The van der Waals surface area contributed by atoms with Crippen molar-refractivity contribution in [2.45, 2.75) is 11.1 Å². The average molecular weight is 417 g/mol. The average Bonchev–Trinajstić information content (AvgIpc) is 2.61. The SMILES string of the molecule is O=C(CO)Nc1cccc(NS(=O)(=O)c2ccc(NC(=O)C(F)(F)F)cc2)c1. The Balaban J connectivity index is 2.14. The van der Waals surface area contributed by atoms with Gasteiger partial charge in [0.1, 0.15) is 6.61 Å². The standard InChI is InChI=1S/C16H14F3N3O5S/c17-16(18,19)15(25)21-10-4-6-13(7-5-10)28(26,27)22-12-3-1-2-11(8-12)20-14(24)9-23/h1-8,22-23H,9H2,(H,20,24)(H,21,25). The van der Waals surface area contributed by atoms with Gasteiger partial charge in [0.2, 0.25) is 5.91 Å². The first-order valence-corrected chi connectivity index (χ1v) is 9.01. The summed E-state index contributed by atoms with van der Waals surface area (Å²) in [6.07, 6.45) is -5.07. The van der Waals surface area contributed by atoms with Crippen LogP contribution in [-0.4, -0.2) is 38.1 Å². The maximum Gasteiger partial charge on any atom is 0.471 e. The summed E-state index contributed by atoms with van der Waals surface area (Å²) < 4.78 is 63.7. The number of hydrogen-bond acceptors (Lipinski definition) is 5. The number of aliphatic hydroxyl groups is 1. The van der Waals surface area contributed by atoms with E-state index in [2.05, 4.69) is 10.0 Å². The molecular weight excluding hydrogens is 403 g/mol. The highest BCUT2D eigenvalue weighted by molar-refractivity contribution is 7.92. The predicted molar refractivity (Wildman–Crippen MR) is 94.1 cm³/mol. The van der Waals surface area contributed by atoms with Crippen LogP contribution >= 0.6 is 0 Å². The predicted octanol–water partition coefficient (Wildman–Crippen LogP) is 1.92. The largest absolute Gasteiger partial charge is 0.471 e. The molecule has 0 radical (unpaired) electrons. The van der Waals surface area contributed by atoms with Gasteiger partial charge in [-0.2, -0.15) is 13.2 Å². The van der Waals surface area contributed by atoms with Gasteiger partial charge in [-0.05, 0) is 42.5 Å². The first-order valence-electron chi connectivity index (χ1n) is 7.53.